The summed E-state index contributed by atoms with van der Waals surface area (Å²) in [6, 6.07) is 18.1. The molecule has 0 amide bonds. The van der Waals surface area contributed by atoms with E-state index in [9.17, 15) is 0 Å². The van der Waals surface area contributed by atoms with Gasteiger partial charge in [0.15, 0.2) is 11.8 Å². The van der Waals surface area contributed by atoms with Gasteiger partial charge >= 0.3 is 0 Å². The van der Waals surface area contributed by atoms with Gasteiger partial charge in [-0.25, -0.2) is 9.98 Å². The van der Waals surface area contributed by atoms with Crippen LogP contribution in [0.15, 0.2) is 76.6 Å². The van der Waals surface area contributed by atoms with Crippen LogP contribution in [0.4, 0.5) is 0 Å². The Bertz CT molecular complexity index is 1130. The van der Waals surface area contributed by atoms with E-state index in [1.807, 2.05) is 66.1 Å². The highest BCUT2D eigenvalue weighted by Gasteiger charge is 2.09. The normalized spacial score (nSPS) is 11.5. The Kier molecular flexibility index (Phi) is 6.37. The lowest BCUT2D eigenvalue weighted by Gasteiger charge is -2.11. The molecule has 8 heteroatoms. The minimum atomic E-state index is 0.399. The number of guanidine groups is 1. The maximum atomic E-state index is 5.62. The number of hydrogen-bond donors (Lipinski definition) is 2. The molecule has 4 rings (SSSR count). The molecule has 0 fully saturated rings. The van der Waals surface area contributed by atoms with Crippen LogP contribution in [0.5, 0.6) is 0 Å². The Morgan fingerprint density at radius 1 is 1.06 bits per heavy atom. The fourth-order valence-corrected chi connectivity index (χ4v) is 3.06. The number of aryl methyl sites for hydroxylation is 1. The molecule has 0 radical (unpaired) electrons. The number of rotatable bonds is 7. The Balaban J connectivity index is 1.42. The van der Waals surface area contributed by atoms with Gasteiger partial charge in [0.05, 0.1) is 13.1 Å². The number of oxazole rings is 1. The molecule has 31 heavy (non-hydrogen) atoms. The minimum absolute atomic E-state index is 0.399. The van der Waals surface area contributed by atoms with Crippen LogP contribution < -0.4 is 10.6 Å². The van der Waals surface area contributed by atoms with E-state index in [-0.39, 0.29) is 0 Å². The Morgan fingerprint density at radius 2 is 1.87 bits per heavy atom. The minimum Gasteiger partial charge on any atom is -0.444 e. The largest absolute Gasteiger partial charge is 0.444 e. The Labute approximate surface area is 181 Å². The molecule has 0 saturated carbocycles. The predicted octanol–water partition coefficient (Wildman–Crippen LogP) is 3.49. The molecule has 0 aliphatic carbocycles. The van der Waals surface area contributed by atoms with Crippen LogP contribution in [0.1, 0.15) is 24.0 Å². The smallest absolute Gasteiger partial charge is 0.226 e. The van der Waals surface area contributed by atoms with Gasteiger partial charge in [-0.15, -0.1) is 10.2 Å². The van der Waals surface area contributed by atoms with Gasteiger partial charge in [0, 0.05) is 17.8 Å². The van der Waals surface area contributed by atoms with Gasteiger partial charge in [-0.3, -0.25) is 4.57 Å². The fraction of sp³-hybridized carbons (Fsp3) is 0.217. The molecule has 0 aliphatic heterocycles. The summed E-state index contributed by atoms with van der Waals surface area (Å²) in [5, 5.41) is 14.8. The van der Waals surface area contributed by atoms with Crippen LogP contribution in [-0.2, 0) is 13.1 Å². The number of nitrogens with one attached hydrogen (secondary N) is 2. The van der Waals surface area contributed by atoms with Crippen molar-refractivity contribution >= 4 is 5.96 Å². The molecule has 2 aromatic heterocycles. The summed E-state index contributed by atoms with van der Waals surface area (Å²) in [4.78, 5) is 9.17. The SMILES string of the molecule is CCNC(=NCc1coc(-c2ccc(C)cc2)n1)NCc1nncn1-c1ccccc1. The second-order valence-electron chi connectivity index (χ2n) is 7.01. The molecule has 0 atom stereocenters. The zero-order valence-corrected chi connectivity index (χ0v) is 17.6. The number of nitrogens with zero attached hydrogens (tertiary/aromatic N) is 5. The van der Waals surface area contributed by atoms with E-state index >= 15 is 0 Å². The van der Waals surface area contributed by atoms with Crippen LogP contribution in [-0.4, -0.2) is 32.3 Å². The van der Waals surface area contributed by atoms with Crippen molar-refractivity contribution in [2.24, 2.45) is 4.99 Å². The lowest BCUT2D eigenvalue weighted by Crippen LogP contribution is -2.37. The van der Waals surface area contributed by atoms with E-state index in [4.69, 9.17) is 4.42 Å². The van der Waals surface area contributed by atoms with Gasteiger partial charge in [0.2, 0.25) is 5.89 Å². The molecule has 4 aromatic rings. The maximum absolute atomic E-state index is 5.62. The van der Waals surface area contributed by atoms with E-state index in [2.05, 4.69) is 37.7 Å². The summed E-state index contributed by atoms with van der Waals surface area (Å²) in [5.74, 6) is 2.06. The number of benzene rings is 2. The van der Waals surface area contributed by atoms with Crippen molar-refractivity contribution < 1.29 is 4.42 Å². The number of aliphatic imine (C=N–C) groups is 1. The first-order valence-corrected chi connectivity index (χ1v) is 10.2. The average molecular weight is 416 g/mol. The molecule has 2 aromatic carbocycles. The maximum Gasteiger partial charge on any atom is 0.226 e. The van der Waals surface area contributed by atoms with Gasteiger partial charge in [-0.1, -0.05) is 35.9 Å². The average Bonchev–Trinajstić information content (AvgIpc) is 3.46. The van der Waals surface area contributed by atoms with E-state index in [0.717, 1.165) is 29.3 Å². The summed E-state index contributed by atoms with van der Waals surface area (Å²) in [6.07, 6.45) is 3.35. The quantitative estimate of drug-likeness (QED) is 0.355. The van der Waals surface area contributed by atoms with Gasteiger partial charge in [-0.05, 0) is 38.1 Å². The molecule has 8 nitrogen and oxygen atoms in total. The highest BCUT2D eigenvalue weighted by molar-refractivity contribution is 5.79. The molecule has 2 heterocycles. The van der Waals surface area contributed by atoms with Crippen LogP contribution in [0.3, 0.4) is 0 Å². The number of hydrogen-bond acceptors (Lipinski definition) is 5. The van der Waals surface area contributed by atoms with Crippen LogP contribution in [0.25, 0.3) is 17.1 Å². The van der Waals surface area contributed by atoms with Crippen LogP contribution >= 0.6 is 0 Å². The third kappa shape index (κ3) is 5.16. The van der Waals surface area contributed by atoms with Crippen molar-refractivity contribution in [1.29, 1.82) is 0 Å². The molecule has 158 valence electrons. The summed E-state index contributed by atoms with van der Waals surface area (Å²) < 4.78 is 7.57. The van der Waals surface area contributed by atoms with E-state index in [0.29, 0.717) is 24.9 Å². The predicted molar refractivity (Wildman–Crippen MR) is 120 cm³/mol. The summed E-state index contributed by atoms with van der Waals surface area (Å²) in [7, 11) is 0. The van der Waals surface area contributed by atoms with Gasteiger partial charge in [0.25, 0.3) is 0 Å². The van der Waals surface area contributed by atoms with Crippen LogP contribution in [0.2, 0.25) is 0 Å². The molecule has 0 saturated heterocycles. The zero-order chi connectivity index (χ0) is 21.5. The van der Waals surface area contributed by atoms with Crippen molar-refractivity contribution in [2.45, 2.75) is 26.9 Å². The molecular weight excluding hydrogens is 390 g/mol. The molecule has 2 N–H and O–H groups in total. The fourth-order valence-electron chi connectivity index (χ4n) is 3.06. The Morgan fingerprint density at radius 3 is 2.65 bits per heavy atom. The second kappa shape index (κ2) is 9.71. The van der Waals surface area contributed by atoms with Crippen molar-refractivity contribution in [3.63, 3.8) is 0 Å². The number of para-hydroxylation sites is 1. The van der Waals surface area contributed by atoms with Gasteiger partial charge < -0.3 is 15.1 Å². The van der Waals surface area contributed by atoms with E-state index < -0.39 is 0 Å². The highest BCUT2D eigenvalue weighted by Crippen LogP contribution is 2.19. The van der Waals surface area contributed by atoms with Crippen molar-refractivity contribution in [3.05, 3.63) is 84.3 Å². The standard InChI is InChI=1S/C23H25N7O/c1-3-24-23(26-14-21-29-27-16-30(21)20-7-5-4-6-8-20)25-13-19-15-31-22(28-19)18-11-9-17(2)10-12-18/h4-12,15-16H,3,13-14H2,1-2H3,(H2,24,25,26). The molecule has 0 bridgehead atoms. The first-order valence-electron chi connectivity index (χ1n) is 10.2. The topological polar surface area (TPSA) is 93.2 Å². The first kappa shape index (κ1) is 20.3. The van der Waals surface area contributed by atoms with E-state index in [1.54, 1.807) is 12.6 Å². The summed E-state index contributed by atoms with van der Waals surface area (Å²) >= 11 is 0. The lowest BCUT2D eigenvalue weighted by atomic mass is 10.1. The third-order valence-corrected chi connectivity index (χ3v) is 4.66. The van der Waals surface area contributed by atoms with Gasteiger partial charge in [-0.2, -0.15) is 0 Å². The molecular formula is C23H25N7O. The third-order valence-electron chi connectivity index (χ3n) is 4.66. The molecule has 0 aliphatic rings. The number of aromatic nitrogens is 4. The van der Waals surface area contributed by atoms with Gasteiger partial charge in [0.1, 0.15) is 18.3 Å². The van der Waals surface area contributed by atoms with Crippen molar-refractivity contribution in [3.8, 4) is 17.1 Å². The molecule has 0 unspecified atom stereocenters. The highest BCUT2D eigenvalue weighted by atomic mass is 16.3. The van der Waals surface area contributed by atoms with Crippen LogP contribution in [0, 0.1) is 6.92 Å². The summed E-state index contributed by atoms with van der Waals surface area (Å²) in [5.41, 5.74) is 3.92. The Hall–Kier alpha value is -3.94. The first-order chi connectivity index (χ1) is 15.2. The monoisotopic (exact) mass is 415 g/mol. The van der Waals surface area contributed by atoms with Crippen molar-refractivity contribution in [2.75, 3.05) is 6.54 Å². The lowest BCUT2D eigenvalue weighted by molar-refractivity contribution is 0.572. The van der Waals surface area contributed by atoms with E-state index in [1.165, 1.54) is 5.56 Å². The summed E-state index contributed by atoms with van der Waals surface area (Å²) in [6.45, 7) is 5.70. The molecule has 0 spiro atoms. The second-order valence-corrected chi connectivity index (χ2v) is 7.01. The zero-order valence-electron chi connectivity index (χ0n) is 17.6. The van der Waals surface area contributed by atoms with Crippen molar-refractivity contribution in [1.82, 2.24) is 30.4 Å².